The number of benzene rings is 4. The summed E-state index contributed by atoms with van der Waals surface area (Å²) in [5, 5.41) is 20.6. The molecule has 0 aromatic heterocycles. The Labute approximate surface area is 418 Å². The second kappa shape index (κ2) is 28.9. The Morgan fingerprint density at radius 2 is 0.643 bits per heavy atom. The second-order valence-corrected chi connectivity index (χ2v) is 18.8. The van der Waals surface area contributed by atoms with Crippen LogP contribution in [0.15, 0.2) is 72.8 Å². The van der Waals surface area contributed by atoms with Crippen LogP contribution < -0.4 is 18.9 Å². The van der Waals surface area contributed by atoms with E-state index in [4.69, 9.17) is 28.4 Å². The van der Waals surface area contributed by atoms with Gasteiger partial charge >= 0.3 is 11.9 Å². The van der Waals surface area contributed by atoms with Crippen molar-refractivity contribution in [3.05, 3.63) is 140 Å². The van der Waals surface area contributed by atoms with E-state index >= 15 is 0 Å². The highest BCUT2D eigenvalue weighted by Crippen LogP contribution is 2.41. The summed E-state index contributed by atoms with van der Waals surface area (Å²) >= 11 is 0. The standard InChI is InChI=1S/C60H80O10/c1-9-13-17-43-29-47-37-51-33-45(19-15-11-3)35-53(57(51)67-25-27-69-59(63)41(5)6)39-49-31-44(18-14-10-2)32-50(56(49)66-24-22-62)40-54-36-46(20-16-12-4)34-52(38-48(30-43)55(47)65-23-21-61)58(54)68-26-28-70-60(64)42(7)8/h29-36,61-62H,5,7,9-28,37-40H2,1-4,6,8H3. The zero-order valence-electron chi connectivity index (χ0n) is 43.2. The molecule has 5 rings (SSSR count). The molecule has 380 valence electrons. The van der Waals surface area contributed by atoms with Gasteiger partial charge in [0.1, 0.15) is 62.6 Å². The van der Waals surface area contributed by atoms with Crippen LogP contribution in [0.5, 0.6) is 23.0 Å². The van der Waals surface area contributed by atoms with Crippen LogP contribution in [-0.4, -0.2) is 75.0 Å². The molecule has 0 spiro atoms. The molecule has 0 radical (unpaired) electrons. The van der Waals surface area contributed by atoms with E-state index in [1.54, 1.807) is 13.8 Å². The van der Waals surface area contributed by atoms with Gasteiger partial charge in [-0.1, -0.05) is 115 Å². The van der Waals surface area contributed by atoms with Gasteiger partial charge in [-0.3, -0.25) is 0 Å². The minimum absolute atomic E-state index is 0.0455. The second-order valence-electron chi connectivity index (χ2n) is 18.8. The van der Waals surface area contributed by atoms with Gasteiger partial charge in [0.25, 0.3) is 0 Å². The zero-order valence-corrected chi connectivity index (χ0v) is 43.2. The first-order valence-electron chi connectivity index (χ1n) is 25.9. The molecule has 0 atom stereocenters. The number of aryl methyl sites for hydroxylation is 4. The number of fused-ring (bicyclic) bond motifs is 8. The number of hydrogen-bond acceptors (Lipinski definition) is 10. The maximum Gasteiger partial charge on any atom is 0.333 e. The van der Waals surface area contributed by atoms with Crippen molar-refractivity contribution in [3.8, 4) is 23.0 Å². The summed E-state index contributed by atoms with van der Waals surface area (Å²) in [5.41, 5.74) is 13.3. The molecule has 10 heteroatoms. The van der Waals surface area contributed by atoms with Crippen molar-refractivity contribution in [1.82, 2.24) is 0 Å². The molecule has 2 N–H and O–H groups in total. The van der Waals surface area contributed by atoms with Gasteiger partial charge < -0.3 is 38.6 Å². The normalized spacial score (nSPS) is 12.0. The highest BCUT2D eigenvalue weighted by atomic mass is 16.6. The van der Waals surface area contributed by atoms with E-state index < -0.39 is 11.9 Å². The smallest absolute Gasteiger partial charge is 0.333 e. The molecular weight excluding hydrogens is 881 g/mol. The molecule has 0 saturated heterocycles. The summed E-state index contributed by atoms with van der Waals surface area (Å²) in [7, 11) is 0. The van der Waals surface area contributed by atoms with Crippen molar-refractivity contribution in [2.45, 2.75) is 144 Å². The number of unbranched alkanes of at least 4 members (excludes halogenated alkanes) is 4. The van der Waals surface area contributed by atoms with Crippen LogP contribution in [0.25, 0.3) is 0 Å². The lowest BCUT2D eigenvalue weighted by Gasteiger charge is -2.25. The highest BCUT2D eigenvalue weighted by molar-refractivity contribution is 5.87. The number of aliphatic hydroxyl groups is 2. The van der Waals surface area contributed by atoms with E-state index in [9.17, 15) is 19.8 Å². The molecular formula is C60H80O10. The van der Waals surface area contributed by atoms with E-state index in [1.165, 1.54) is 22.3 Å². The molecule has 4 aromatic rings. The lowest BCUT2D eigenvalue weighted by atomic mass is 9.87. The predicted molar refractivity (Wildman–Crippen MR) is 279 cm³/mol. The Morgan fingerprint density at radius 3 is 0.843 bits per heavy atom. The average Bonchev–Trinajstić information content (AvgIpc) is 3.34. The molecule has 8 bridgehead atoms. The fourth-order valence-corrected chi connectivity index (χ4v) is 9.12. The Bertz CT molecular complexity index is 2120. The van der Waals surface area contributed by atoms with Crippen LogP contribution in [0.4, 0.5) is 0 Å². The summed E-state index contributed by atoms with van der Waals surface area (Å²) in [6.45, 7) is 19.8. The van der Waals surface area contributed by atoms with Crippen molar-refractivity contribution in [3.63, 3.8) is 0 Å². The third-order valence-electron chi connectivity index (χ3n) is 12.5. The Morgan fingerprint density at radius 1 is 0.414 bits per heavy atom. The molecule has 0 unspecified atom stereocenters. The molecule has 0 heterocycles. The summed E-state index contributed by atoms with van der Waals surface area (Å²) in [6.07, 6.45) is 13.6. The monoisotopic (exact) mass is 961 g/mol. The number of rotatable bonds is 28. The number of hydrogen-bond donors (Lipinski definition) is 2. The molecule has 0 fully saturated rings. The molecule has 0 saturated carbocycles. The summed E-state index contributed by atoms with van der Waals surface area (Å²) in [6, 6.07) is 18.1. The van der Waals surface area contributed by atoms with Gasteiger partial charge in [0.15, 0.2) is 0 Å². The van der Waals surface area contributed by atoms with Crippen molar-refractivity contribution < 1.29 is 48.2 Å². The predicted octanol–water partition coefficient (Wildman–Crippen LogP) is 11.5. The quantitative estimate of drug-likeness (QED) is 0.0284. The van der Waals surface area contributed by atoms with E-state index in [1.807, 2.05) is 0 Å². The third kappa shape index (κ3) is 16.2. The van der Waals surface area contributed by atoms with Crippen LogP contribution in [0.1, 0.15) is 160 Å². The van der Waals surface area contributed by atoms with Crippen LogP contribution in [-0.2, 0) is 70.4 Å². The molecule has 70 heavy (non-hydrogen) atoms. The molecule has 1 aliphatic carbocycles. The number of esters is 2. The van der Waals surface area contributed by atoms with E-state index in [2.05, 4.69) is 89.4 Å². The minimum atomic E-state index is -0.466. The average molecular weight is 961 g/mol. The van der Waals surface area contributed by atoms with Gasteiger partial charge in [-0.05, 0) is 132 Å². The van der Waals surface area contributed by atoms with Gasteiger partial charge in [-0.25, -0.2) is 9.59 Å². The topological polar surface area (TPSA) is 130 Å². The largest absolute Gasteiger partial charge is 0.491 e. The summed E-state index contributed by atoms with van der Waals surface area (Å²) in [5.74, 6) is 1.94. The fourth-order valence-electron chi connectivity index (χ4n) is 9.12. The first-order valence-corrected chi connectivity index (χ1v) is 25.9. The van der Waals surface area contributed by atoms with E-state index in [0.29, 0.717) is 36.8 Å². The van der Waals surface area contributed by atoms with Gasteiger partial charge in [-0.15, -0.1) is 0 Å². The third-order valence-corrected chi connectivity index (χ3v) is 12.5. The van der Waals surface area contributed by atoms with E-state index in [0.717, 1.165) is 145 Å². The lowest BCUT2D eigenvalue weighted by Crippen LogP contribution is -2.16. The number of aliphatic hydroxyl groups excluding tert-OH is 2. The summed E-state index contributed by atoms with van der Waals surface area (Å²) in [4.78, 5) is 25.0. The zero-order chi connectivity index (χ0) is 50.4. The SMILES string of the molecule is C=C(C)C(=O)OCCOc1c2cc(CCCC)cc1Cc1cc(CCCC)cc(c1OCCO)Cc1cc(CCCC)cc(c1OCCOC(=O)C(=C)C)Cc1cc(CCCC)cc(c1OCCO)C2. The highest BCUT2D eigenvalue weighted by Gasteiger charge is 2.25. The molecule has 0 aliphatic heterocycles. The Balaban J connectivity index is 1.89. The first kappa shape index (κ1) is 55.3. The number of carbonyl (C=O) groups excluding carboxylic acids is 2. The minimum Gasteiger partial charge on any atom is -0.491 e. The maximum absolute atomic E-state index is 12.5. The first-order chi connectivity index (χ1) is 33.9. The van der Waals surface area contributed by atoms with E-state index in [-0.39, 0.29) is 52.9 Å². The van der Waals surface area contributed by atoms with Gasteiger partial charge in [-0.2, -0.15) is 0 Å². The fraction of sp³-hybridized carbons (Fsp3) is 0.500. The van der Waals surface area contributed by atoms with Gasteiger partial charge in [0.2, 0.25) is 0 Å². The number of carbonyl (C=O) groups is 2. The van der Waals surface area contributed by atoms with Crippen molar-refractivity contribution in [1.29, 1.82) is 0 Å². The van der Waals surface area contributed by atoms with Crippen LogP contribution >= 0.6 is 0 Å². The molecule has 1 aliphatic rings. The maximum atomic E-state index is 12.5. The Kier molecular flexibility index (Phi) is 22.9. The van der Waals surface area contributed by atoms with Gasteiger partial charge in [0, 0.05) is 36.8 Å². The molecule has 0 amide bonds. The van der Waals surface area contributed by atoms with Crippen molar-refractivity contribution in [2.75, 3.05) is 52.9 Å². The van der Waals surface area contributed by atoms with Crippen molar-refractivity contribution >= 4 is 11.9 Å². The van der Waals surface area contributed by atoms with Crippen LogP contribution in [0.3, 0.4) is 0 Å². The summed E-state index contributed by atoms with van der Waals surface area (Å²) < 4.78 is 38.1. The molecule has 10 nitrogen and oxygen atoms in total. The van der Waals surface area contributed by atoms with Gasteiger partial charge in [0.05, 0.1) is 13.2 Å². The van der Waals surface area contributed by atoms with Crippen LogP contribution in [0, 0.1) is 0 Å². The Hall–Kier alpha value is -5.58. The van der Waals surface area contributed by atoms with Crippen molar-refractivity contribution in [2.24, 2.45) is 0 Å². The lowest BCUT2D eigenvalue weighted by molar-refractivity contribution is -0.140. The molecule has 4 aromatic carbocycles. The van der Waals surface area contributed by atoms with Crippen LogP contribution in [0.2, 0.25) is 0 Å². The number of ether oxygens (including phenoxy) is 6.